The van der Waals surface area contributed by atoms with Crippen molar-refractivity contribution in [3.8, 4) is 0 Å². The number of hydrogen-bond acceptors (Lipinski definition) is 3. The Bertz CT molecular complexity index is 851. The summed E-state index contributed by atoms with van der Waals surface area (Å²) >= 11 is 3.34. The highest BCUT2D eigenvalue weighted by molar-refractivity contribution is 9.10. The predicted molar refractivity (Wildman–Crippen MR) is 77.9 cm³/mol. The summed E-state index contributed by atoms with van der Waals surface area (Å²) in [5, 5.41) is 3.98. The second-order valence-corrected chi connectivity index (χ2v) is 5.15. The molecule has 0 saturated carbocycles. The Kier molecular flexibility index (Phi) is 3.23. The van der Waals surface area contributed by atoms with E-state index in [0.717, 1.165) is 4.47 Å². The molecule has 5 nitrogen and oxygen atoms in total. The number of aromatic nitrogens is 3. The Labute approximate surface area is 122 Å². The van der Waals surface area contributed by atoms with E-state index in [4.69, 9.17) is 0 Å². The van der Waals surface area contributed by atoms with Crippen LogP contribution in [0, 0.1) is 0 Å². The van der Waals surface area contributed by atoms with Gasteiger partial charge in [-0.25, -0.2) is 4.52 Å². The minimum absolute atomic E-state index is 0.00310. The number of nitrogens with zero attached hydrogens (tertiary/aromatic N) is 3. The van der Waals surface area contributed by atoms with Crippen LogP contribution >= 0.6 is 15.9 Å². The summed E-state index contributed by atoms with van der Waals surface area (Å²) in [5.41, 5.74) is 0.783. The third kappa shape index (κ3) is 2.18. The Hall–Kier alpha value is -2.21. The smallest absolute Gasteiger partial charge is 0.276 e. The molecule has 2 aromatic heterocycles. The lowest BCUT2D eigenvalue weighted by molar-refractivity contribution is 0.0970. The average Bonchev–Trinajstić information content (AvgIpc) is 2.91. The highest BCUT2D eigenvalue weighted by atomic mass is 79.9. The fourth-order valence-electron chi connectivity index (χ4n) is 2.01. The molecule has 1 aromatic carbocycles. The number of fused-ring (bicyclic) bond motifs is 1. The molecule has 0 bridgehead atoms. The van der Waals surface area contributed by atoms with Crippen LogP contribution in [0.15, 0.2) is 58.2 Å². The van der Waals surface area contributed by atoms with Crippen LogP contribution in [0.3, 0.4) is 0 Å². The number of carbonyl (C=O) groups is 1. The molecule has 0 radical (unpaired) electrons. The summed E-state index contributed by atoms with van der Waals surface area (Å²) < 4.78 is 3.60. The normalized spacial score (nSPS) is 10.8. The topological polar surface area (TPSA) is 56.4 Å². The van der Waals surface area contributed by atoms with Crippen LogP contribution in [0.5, 0.6) is 0 Å². The van der Waals surface area contributed by atoms with Crippen molar-refractivity contribution >= 4 is 27.2 Å². The zero-order valence-electron chi connectivity index (χ0n) is 10.4. The number of carbonyl (C=O) groups excluding carboxylic acids is 1. The van der Waals surface area contributed by atoms with Gasteiger partial charge in [0.05, 0.1) is 12.7 Å². The van der Waals surface area contributed by atoms with Gasteiger partial charge in [-0.3, -0.25) is 9.59 Å². The molecule has 0 saturated heterocycles. The van der Waals surface area contributed by atoms with Gasteiger partial charge in [-0.1, -0.05) is 34.1 Å². The largest absolute Gasteiger partial charge is 0.304 e. The third-order valence-electron chi connectivity index (χ3n) is 3.03. The van der Waals surface area contributed by atoms with E-state index in [1.165, 1.54) is 9.08 Å². The monoisotopic (exact) mass is 331 g/mol. The molecule has 0 aliphatic heterocycles. The Morgan fingerprint density at radius 3 is 2.80 bits per heavy atom. The third-order valence-corrected chi connectivity index (χ3v) is 3.72. The van der Waals surface area contributed by atoms with Gasteiger partial charge in [-0.05, 0) is 12.1 Å². The summed E-state index contributed by atoms with van der Waals surface area (Å²) in [5.74, 6) is -0.122. The first-order chi connectivity index (χ1) is 9.66. The maximum absolute atomic E-state index is 12.2. The van der Waals surface area contributed by atoms with E-state index in [1.54, 1.807) is 42.9 Å². The number of ketones is 1. The van der Waals surface area contributed by atoms with Crippen LogP contribution in [-0.4, -0.2) is 20.0 Å². The molecular weight excluding hydrogens is 322 g/mol. The molecular formula is C14H10BrN3O2. The van der Waals surface area contributed by atoms with E-state index in [0.29, 0.717) is 11.1 Å². The molecule has 0 atom stereocenters. The molecule has 2 heterocycles. The first kappa shape index (κ1) is 12.8. The highest BCUT2D eigenvalue weighted by Crippen LogP contribution is 2.16. The van der Waals surface area contributed by atoms with Crippen LogP contribution in [0.25, 0.3) is 5.52 Å². The fraction of sp³-hybridized carbons (Fsp3) is 0.0714. The predicted octanol–water partition coefficient (Wildman–Crippen LogP) is 2.14. The number of Topliss-reactive ketones (excluding diaryl/α,β-unsaturated/α-hetero) is 1. The van der Waals surface area contributed by atoms with Crippen molar-refractivity contribution in [3.63, 3.8) is 0 Å². The standard InChI is InChI=1S/C14H10BrN3O2/c15-11-4-2-1-3-10(11)13(19)9-17-7-8-18-12(14(17)20)5-6-16-18/h1-8H,9H2. The van der Waals surface area contributed by atoms with Crippen LogP contribution in [0.2, 0.25) is 0 Å². The van der Waals surface area contributed by atoms with Gasteiger partial charge in [-0.15, -0.1) is 0 Å². The zero-order chi connectivity index (χ0) is 14.1. The van der Waals surface area contributed by atoms with Gasteiger partial charge in [0.1, 0.15) is 5.52 Å². The number of benzene rings is 1. The lowest BCUT2D eigenvalue weighted by atomic mass is 10.1. The van der Waals surface area contributed by atoms with E-state index in [1.807, 2.05) is 6.07 Å². The van der Waals surface area contributed by atoms with Gasteiger partial charge in [0.2, 0.25) is 0 Å². The molecule has 6 heteroatoms. The molecule has 0 amide bonds. The van der Waals surface area contributed by atoms with Gasteiger partial charge >= 0.3 is 0 Å². The maximum Gasteiger partial charge on any atom is 0.276 e. The lowest BCUT2D eigenvalue weighted by Gasteiger charge is -2.06. The fourth-order valence-corrected chi connectivity index (χ4v) is 2.52. The highest BCUT2D eigenvalue weighted by Gasteiger charge is 2.12. The Balaban J connectivity index is 1.97. The number of rotatable bonds is 3. The van der Waals surface area contributed by atoms with E-state index >= 15 is 0 Å². The van der Waals surface area contributed by atoms with Crippen LogP contribution < -0.4 is 5.56 Å². The molecule has 20 heavy (non-hydrogen) atoms. The summed E-state index contributed by atoms with van der Waals surface area (Å²) in [6, 6.07) is 8.79. The van der Waals surface area contributed by atoms with Crippen LogP contribution in [0.1, 0.15) is 10.4 Å². The maximum atomic E-state index is 12.2. The Morgan fingerprint density at radius 2 is 2.00 bits per heavy atom. The van der Waals surface area contributed by atoms with Crippen molar-refractivity contribution in [3.05, 3.63) is 69.3 Å². The van der Waals surface area contributed by atoms with E-state index in [-0.39, 0.29) is 17.9 Å². The molecule has 3 rings (SSSR count). The van der Waals surface area contributed by atoms with Crippen molar-refractivity contribution in [1.29, 1.82) is 0 Å². The molecule has 0 aliphatic carbocycles. The zero-order valence-corrected chi connectivity index (χ0v) is 11.9. The first-order valence-corrected chi connectivity index (χ1v) is 6.76. The second kappa shape index (κ2) is 5.05. The summed E-state index contributed by atoms with van der Waals surface area (Å²) in [7, 11) is 0. The lowest BCUT2D eigenvalue weighted by Crippen LogP contribution is -2.25. The van der Waals surface area contributed by atoms with E-state index in [9.17, 15) is 9.59 Å². The molecule has 0 aliphatic rings. The van der Waals surface area contributed by atoms with Gasteiger partial charge in [0.25, 0.3) is 5.56 Å². The van der Waals surface area contributed by atoms with Crippen LogP contribution in [-0.2, 0) is 6.54 Å². The van der Waals surface area contributed by atoms with Crippen molar-refractivity contribution in [2.24, 2.45) is 0 Å². The average molecular weight is 332 g/mol. The van der Waals surface area contributed by atoms with Crippen molar-refractivity contribution < 1.29 is 4.79 Å². The minimum Gasteiger partial charge on any atom is -0.304 e. The van der Waals surface area contributed by atoms with Gasteiger partial charge < -0.3 is 4.57 Å². The van der Waals surface area contributed by atoms with Gasteiger partial charge in [-0.2, -0.15) is 5.10 Å². The SMILES string of the molecule is O=C(Cn1ccn2nccc2c1=O)c1ccccc1Br. The van der Waals surface area contributed by atoms with Gasteiger partial charge in [0.15, 0.2) is 5.78 Å². The molecule has 100 valence electrons. The van der Waals surface area contributed by atoms with E-state index in [2.05, 4.69) is 21.0 Å². The molecule has 0 N–H and O–H groups in total. The van der Waals surface area contributed by atoms with Gasteiger partial charge in [0, 0.05) is 22.4 Å². The van der Waals surface area contributed by atoms with Crippen LogP contribution in [0.4, 0.5) is 0 Å². The second-order valence-electron chi connectivity index (χ2n) is 4.30. The quantitative estimate of drug-likeness (QED) is 0.691. The first-order valence-electron chi connectivity index (χ1n) is 5.97. The van der Waals surface area contributed by atoms with Crippen molar-refractivity contribution in [2.45, 2.75) is 6.54 Å². The molecule has 0 fully saturated rings. The summed E-state index contributed by atoms with van der Waals surface area (Å²) in [4.78, 5) is 24.4. The molecule has 3 aromatic rings. The Morgan fingerprint density at radius 1 is 1.20 bits per heavy atom. The number of hydrogen-bond donors (Lipinski definition) is 0. The summed E-state index contributed by atoms with van der Waals surface area (Å²) in [6.45, 7) is 0.00310. The summed E-state index contributed by atoms with van der Waals surface area (Å²) in [6.07, 6.45) is 4.78. The van der Waals surface area contributed by atoms with Crippen molar-refractivity contribution in [1.82, 2.24) is 14.2 Å². The minimum atomic E-state index is -0.231. The number of halogens is 1. The van der Waals surface area contributed by atoms with Crippen molar-refractivity contribution in [2.75, 3.05) is 0 Å². The molecule has 0 unspecified atom stereocenters. The van der Waals surface area contributed by atoms with E-state index < -0.39 is 0 Å². The molecule has 0 spiro atoms.